The van der Waals surface area contributed by atoms with E-state index in [4.69, 9.17) is 14.6 Å². The molecular weight excluding hydrogens is 196 g/mol. The van der Waals surface area contributed by atoms with Crippen LogP contribution < -0.4 is 9.47 Å². The molecule has 1 aliphatic heterocycles. The summed E-state index contributed by atoms with van der Waals surface area (Å²) in [7, 11) is 0. The molecule has 1 aliphatic rings. The largest absolute Gasteiger partial charge is 0.486 e. The summed E-state index contributed by atoms with van der Waals surface area (Å²) in [6.07, 6.45) is 0. The normalized spacial score (nSPS) is 15.8. The lowest BCUT2D eigenvalue weighted by atomic mass is 10.00. The van der Waals surface area contributed by atoms with Gasteiger partial charge in [-0.3, -0.25) is 4.79 Å². The summed E-state index contributed by atoms with van der Waals surface area (Å²) in [5, 5.41) is 8.94. The van der Waals surface area contributed by atoms with Gasteiger partial charge >= 0.3 is 5.97 Å². The zero-order valence-electron chi connectivity index (χ0n) is 8.40. The van der Waals surface area contributed by atoms with Gasteiger partial charge in [0.1, 0.15) is 13.2 Å². The first-order valence-electron chi connectivity index (χ1n) is 4.81. The first-order chi connectivity index (χ1) is 7.20. The zero-order chi connectivity index (χ0) is 10.8. The van der Waals surface area contributed by atoms with E-state index < -0.39 is 11.9 Å². The molecule has 0 aromatic heterocycles. The van der Waals surface area contributed by atoms with Crippen LogP contribution in [0.15, 0.2) is 18.2 Å². The third kappa shape index (κ3) is 1.75. The van der Waals surface area contributed by atoms with Crippen LogP contribution in [0.4, 0.5) is 0 Å². The summed E-state index contributed by atoms with van der Waals surface area (Å²) in [4.78, 5) is 10.9. The Morgan fingerprint density at radius 2 is 2.13 bits per heavy atom. The van der Waals surface area contributed by atoms with Crippen LogP contribution in [0.3, 0.4) is 0 Å². The molecule has 80 valence electrons. The maximum atomic E-state index is 10.9. The van der Waals surface area contributed by atoms with Gasteiger partial charge in [0.25, 0.3) is 0 Å². The highest BCUT2D eigenvalue weighted by molar-refractivity contribution is 5.77. The second kappa shape index (κ2) is 3.81. The van der Waals surface area contributed by atoms with Crippen molar-refractivity contribution in [2.45, 2.75) is 12.8 Å². The van der Waals surface area contributed by atoms with Gasteiger partial charge in [-0.15, -0.1) is 0 Å². The number of carboxylic acid groups (broad SMARTS) is 1. The van der Waals surface area contributed by atoms with Gasteiger partial charge < -0.3 is 14.6 Å². The standard InChI is InChI=1S/C11H12O4/c1-7(11(12)13)8-3-2-4-9-10(8)15-6-5-14-9/h2-4,7H,5-6H2,1H3,(H,12,13)/t7-/m0/s1. The van der Waals surface area contributed by atoms with Crippen molar-refractivity contribution in [1.29, 1.82) is 0 Å². The van der Waals surface area contributed by atoms with Gasteiger partial charge in [0.2, 0.25) is 0 Å². The molecule has 0 radical (unpaired) electrons. The fourth-order valence-electron chi connectivity index (χ4n) is 1.57. The fraction of sp³-hybridized carbons (Fsp3) is 0.364. The zero-order valence-corrected chi connectivity index (χ0v) is 8.40. The SMILES string of the molecule is C[C@H](C(=O)O)c1cccc2c1OCCO2. The lowest BCUT2D eigenvalue weighted by Gasteiger charge is -2.22. The third-order valence-electron chi connectivity index (χ3n) is 2.43. The second-order valence-corrected chi connectivity index (χ2v) is 3.43. The summed E-state index contributed by atoms with van der Waals surface area (Å²) >= 11 is 0. The monoisotopic (exact) mass is 208 g/mol. The van der Waals surface area contributed by atoms with Gasteiger partial charge in [-0.2, -0.15) is 0 Å². The van der Waals surface area contributed by atoms with Crippen LogP contribution in [-0.2, 0) is 4.79 Å². The fourth-order valence-corrected chi connectivity index (χ4v) is 1.57. The van der Waals surface area contributed by atoms with Gasteiger partial charge in [-0.25, -0.2) is 0 Å². The molecule has 4 heteroatoms. The average molecular weight is 208 g/mol. The summed E-state index contributed by atoms with van der Waals surface area (Å²) in [6, 6.07) is 5.32. The van der Waals surface area contributed by atoms with E-state index in [1.54, 1.807) is 25.1 Å². The molecule has 4 nitrogen and oxygen atoms in total. The minimum Gasteiger partial charge on any atom is -0.486 e. The molecule has 0 saturated heterocycles. The van der Waals surface area contributed by atoms with E-state index >= 15 is 0 Å². The van der Waals surface area contributed by atoms with Crippen molar-refractivity contribution < 1.29 is 19.4 Å². The van der Waals surface area contributed by atoms with E-state index in [1.165, 1.54) is 0 Å². The molecule has 2 rings (SSSR count). The van der Waals surface area contributed by atoms with E-state index in [9.17, 15) is 4.79 Å². The number of fused-ring (bicyclic) bond motifs is 1. The highest BCUT2D eigenvalue weighted by atomic mass is 16.6. The Morgan fingerprint density at radius 1 is 1.40 bits per heavy atom. The molecule has 0 saturated carbocycles. The maximum Gasteiger partial charge on any atom is 0.310 e. The van der Waals surface area contributed by atoms with Crippen LogP contribution >= 0.6 is 0 Å². The smallest absolute Gasteiger partial charge is 0.310 e. The summed E-state index contributed by atoms with van der Waals surface area (Å²) in [5.74, 6) is -0.246. The van der Waals surface area contributed by atoms with Gasteiger partial charge in [0, 0.05) is 5.56 Å². The first-order valence-corrected chi connectivity index (χ1v) is 4.81. The molecule has 1 aromatic rings. The van der Waals surface area contributed by atoms with Crippen LogP contribution in [0.1, 0.15) is 18.4 Å². The topological polar surface area (TPSA) is 55.8 Å². The Bertz CT molecular complexity index is 386. The van der Waals surface area contributed by atoms with E-state index in [-0.39, 0.29) is 0 Å². The van der Waals surface area contributed by atoms with E-state index in [2.05, 4.69) is 0 Å². The van der Waals surface area contributed by atoms with E-state index in [0.29, 0.717) is 30.3 Å². The highest BCUT2D eigenvalue weighted by Gasteiger charge is 2.23. The van der Waals surface area contributed by atoms with Crippen LogP contribution in [-0.4, -0.2) is 24.3 Å². The van der Waals surface area contributed by atoms with Gasteiger partial charge in [0.05, 0.1) is 5.92 Å². The van der Waals surface area contributed by atoms with Crippen LogP contribution in [0, 0.1) is 0 Å². The number of carboxylic acids is 1. The molecule has 0 aliphatic carbocycles. The third-order valence-corrected chi connectivity index (χ3v) is 2.43. The number of ether oxygens (including phenoxy) is 2. The molecule has 0 fully saturated rings. The molecule has 0 amide bonds. The van der Waals surface area contributed by atoms with Crippen LogP contribution in [0.25, 0.3) is 0 Å². The predicted molar refractivity (Wildman–Crippen MR) is 53.5 cm³/mol. The Kier molecular flexibility index (Phi) is 2.49. The quantitative estimate of drug-likeness (QED) is 0.802. The number of benzene rings is 1. The van der Waals surface area contributed by atoms with Crippen molar-refractivity contribution >= 4 is 5.97 Å². The molecule has 1 heterocycles. The van der Waals surface area contributed by atoms with Crippen molar-refractivity contribution in [2.75, 3.05) is 13.2 Å². The number of para-hydroxylation sites is 1. The van der Waals surface area contributed by atoms with Crippen molar-refractivity contribution in [3.63, 3.8) is 0 Å². The van der Waals surface area contributed by atoms with Gasteiger partial charge in [-0.1, -0.05) is 12.1 Å². The lowest BCUT2D eigenvalue weighted by Crippen LogP contribution is -2.18. The number of aliphatic carboxylic acids is 1. The minimum atomic E-state index is -0.863. The van der Waals surface area contributed by atoms with Gasteiger partial charge in [0.15, 0.2) is 11.5 Å². The number of hydrogen-bond donors (Lipinski definition) is 1. The molecule has 15 heavy (non-hydrogen) atoms. The Labute approximate surface area is 87.4 Å². The highest BCUT2D eigenvalue weighted by Crippen LogP contribution is 2.37. The summed E-state index contributed by atoms with van der Waals surface area (Å²) < 4.78 is 10.8. The van der Waals surface area contributed by atoms with E-state index in [0.717, 1.165) is 0 Å². The molecule has 1 atom stereocenters. The Morgan fingerprint density at radius 3 is 2.87 bits per heavy atom. The van der Waals surface area contributed by atoms with Crippen molar-refractivity contribution in [2.24, 2.45) is 0 Å². The first kappa shape index (κ1) is 9.83. The number of rotatable bonds is 2. The molecule has 1 N–H and O–H groups in total. The maximum absolute atomic E-state index is 10.9. The van der Waals surface area contributed by atoms with Crippen LogP contribution in [0.5, 0.6) is 11.5 Å². The number of carbonyl (C=O) groups is 1. The van der Waals surface area contributed by atoms with Gasteiger partial charge in [-0.05, 0) is 13.0 Å². The second-order valence-electron chi connectivity index (χ2n) is 3.43. The van der Waals surface area contributed by atoms with Crippen molar-refractivity contribution in [3.8, 4) is 11.5 Å². The van der Waals surface area contributed by atoms with E-state index in [1.807, 2.05) is 0 Å². The number of hydrogen-bond acceptors (Lipinski definition) is 3. The molecule has 0 spiro atoms. The summed E-state index contributed by atoms with van der Waals surface area (Å²) in [6.45, 7) is 2.62. The Balaban J connectivity index is 2.43. The molecule has 0 unspecified atom stereocenters. The Hall–Kier alpha value is -1.71. The lowest BCUT2D eigenvalue weighted by molar-refractivity contribution is -0.138. The predicted octanol–water partition coefficient (Wildman–Crippen LogP) is 1.65. The average Bonchev–Trinajstić information content (AvgIpc) is 2.27. The van der Waals surface area contributed by atoms with Crippen molar-refractivity contribution in [3.05, 3.63) is 23.8 Å². The van der Waals surface area contributed by atoms with Crippen LogP contribution in [0.2, 0.25) is 0 Å². The van der Waals surface area contributed by atoms with Crippen molar-refractivity contribution in [1.82, 2.24) is 0 Å². The minimum absolute atomic E-state index is 0.469. The molecule has 1 aromatic carbocycles. The summed E-state index contributed by atoms with van der Waals surface area (Å²) in [5.41, 5.74) is 0.666. The molecule has 0 bridgehead atoms. The molecular formula is C11H12O4.